The third-order valence-corrected chi connectivity index (χ3v) is 1.76. The van der Waals surface area contributed by atoms with E-state index in [1.165, 1.54) is 0 Å². The fraction of sp³-hybridized carbons (Fsp3) is 0.909. The molecule has 5 heteroatoms. The third-order valence-electron chi connectivity index (χ3n) is 1.76. The van der Waals surface area contributed by atoms with Gasteiger partial charge in [-0.25, -0.2) is 0 Å². The largest absolute Gasteiger partial charge is 0.460 e. The van der Waals surface area contributed by atoms with Crippen LogP contribution in [0.15, 0.2) is 0 Å². The molecule has 0 amide bonds. The highest BCUT2D eigenvalue weighted by molar-refractivity contribution is 5.70. The van der Waals surface area contributed by atoms with Gasteiger partial charge in [-0.15, -0.1) is 0 Å². The van der Waals surface area contributed by atoms with E-state index in [0.29, 0.717) is 19.5 Å². The van der Waals surface area contributed by atoms with Crippen LogP contribution >= 0.6 is 0 Å². The van der Waals surface area contributed by atoms with Crippen molar-refractivity contribution >= 4 is 5.97 Å². The van der Waals surface area contributed by atoms with Crippen LogP contribution in [0.25, 0.3) is 0 Å². The normalized spacial score (nSPS) is 11.9. The Morgan fingerprint density at radius 1 is 1.25 bits per heavy atom. The molecular formula is C11H23NO4. The Hall–Kier alpha value is -0.650. The maximum atomic E-state index is 11.3. The van der Waals surface area contributed by atoms with Gasteiger partial charge in [0.05, 0.1) is 6.42 Å². The fourth-order valence-corrected chi connectivity index (χ4v) is 1.07. The predicted molar refractivity (Wildman–Crippen MR) is 61.1 cm³/mol. The molecule has 0 aliphatic rings. The molecule has 96 valence electrons. The number of ether oxygens (including phenoxy) is 3. The van der Waals surface area contributed by atoms with Crippen LogP contribution in [0.5, 0.6) is 0 Å². The number of carbonyl (C=O) groups excluding carboxylic acids is 1. The standard InChI is InChI=1S/C11H23NO4/c1-11(2,3)16-9(13)6-7-12-8-10(14-4)15-5/h10,12H,6-8H2,1-5H3. The van der Waals surface area contributed by atoms with Gasteiger partial charge < -0.3 is 19.5 Å². The number of nitrogens with one attached hydrogen (secondary N) is 1. The summed E-state index contributed by atoms with van der Waals surface area (Å²) >= 11 is 0. The number of rotatable bonds is 7. The molecule has 0 aromatic heterocycles. The van der Waals surface area contributed by atoms with Crippen molar-refractivity contribution in [3.05, 3.63) is 0 Å². The van der Waals surface area contributed by atoms with E-state index in [-0.39, 0.29) is 12.3 Å². The van der Waals surface area contributed by atoms with Gasteiger partial charge in [-0.05, 0) is 20.8 Å². The monoisotopic (exact) mass is 233 g/mol. The Bertz CT molecular complexity index is 197. The minimum Gasteiger partial charge on any atom is -0.460 e. The maximum absolute atomic E-state index is 11.3. The molecule has 1 N–H and O–H groups in total. The van der Waals surface area contributed by atoms with Crippen LogP contribution in [0.3, 0.4) is 0 Å². The Kier molecular flexibility index (Phi) is 7.29. The van der Waals surface area contributed by atoms with E-state index in [0.717, 1.165) is 0 Å². The van der Waals surface area contributed by atoms with Crippen molar-refractivity contribution in [2.75, 3.05) is 27.3 Å². The zero-order chi connectivity index (χ0) is 12.6. The van der Waals surface area contributed by atoms with Crippen molar-refractivity contribution in [1.82, 2.24) is 5.32 Å². The summed E-state index contributed by atoms with van der Waals surface area (Å²) in [5.41, 5.74) is -0.418. The molecule has 0 heterocycles. The first-order valence-electron chi connectivity index (χ1n) is 5.37. The molecule has 0 radical (unpaired) electrons. The molecule has 0 aliphatic carbocycles. The lowest BCUT2D eigenvalue weighted by Gasteiger charge is -2.19. The van der Waals surface area contributed by atoms with Crippen molar-refractivity contribution < 1.29 is 19.0 Å². The van der Waals surface area contributed by atoms with Gasteiger partial charge >= 0.3 is 5.97 Å². The predicted octanol–water partition coefficient (Wildman–Crippen LogP) is 0.927. The average molecular weight is 233 g/mol. The summed E-state index contributed by atoms with van der Waals surface area (Å²) < 4.78 is 15.1. The molecule has 0 saturated carbocycles. The highest BCUT2D eigenvalue weighted by atomic mass is 16.7. The number of hydrogen-bond donors (Lipinski definition) is 1. The molecule has 0 fully saturated rings. The maximum Gasteiger partial charge on any atom is 0.307 e. The Labute approximate surface area is 97.4 Å². The van der Waals surface area contributed by atoms with E-state index in [9.17, 15) is 4.79 Å². The second-order valence-electron chi connectivity index (χ2n) is 4.44. The first-order valence-corrected chi connectivity index (χ1v) is 5.37. The lowest BCUT2D eigenvalue weighted by atomic mass is 10.2. The summed E-state index contributed by atoms with van der Waals surface area (Å²) in [5, 5.41) is 3.05. The summed E-state index contributed by atoms with van der Waals surface area (Å²) in [6.45, 7) is 6.66. The number of carbonyl (C=O) groups is 1. The Balaban J connectivity index is 3.55. The zero-order valence-corrected chi connectivity index (χ0v) is 10.8. The molecule has 16 heavy (non-hydrogen) atoms. The molecule has 0 aliphatic heterocycles. The van der Waals surface area contributed by atoms with E-state index < -0.39 is 5.60 Å². The van der Waals surface area contributed by atoms with E-state index in [1.54, 1.807) is 14.2 Å². The molecule has 0 unspecified atom stereocenters. The number of methoxy groups -OCH3 is 2. The smallest absolute Gasteiger partial charge is 0.307 e. The highest BCUT2D eigenvalue weighted by Crippen LogP contribution is 2.07. The van der Waals surface area contributed by atoms with Gasteiger partial charge in [0.1, 0.15) is 5.60 Å². The van der Waals surface area contributed by atoms with Crippen LogP contribution in [0.1, 0.15) is 27.2 Å². The van der Waals surface area contributed by atoms with Crippen LogP contribution in [-0.2, 0) is 19.0 Å². The molecule has 0 atom stereocenters. The van der Waals surface area contributed by atoms with Gasteiger partial charge in [0.25, 0.3) is 0 Å². The molecule has 0 bridgehead atoms. The zero-order valence-electron chi connectivity index (χ0n) is 10.8. The summed E-state index contributed by atoms with van der Waals surface area (Å²) in [4.78, 5) is 11.3. The first kappa shape index (κ1) is 15.3. The minimum absolute atomic E-state index is 0.202. The molecule has 5 nitrogen and oxygen atoms in total. The second-order valence-corrected chi connectivity index (χ2v) is 4.44. The summed E-state index contributed by atoms with van der Waals surface area (Å²) in [5.74, 6) is -0.202. The van der Waals surface area contributed by atoms with Gasteiger partial charge in [-0.1, -0.05) is 0 Å². The van der Waals surface area contributed by atoms with Crippen LogP contribution < -0.4 is 5.32 Å². The molecule has 0 saturated heterocycles. The summed E-state index contributed by atoms with van der Waals surface area (Å²) in [6.07, 6.45) is 0.0656. The third kappa shape index (κ3) is 8.64. The minimum atomic E-state index is -0.418. The molecule has 0 aromatic carbocycles. The molecular weight excluding hydrogens is 210 g/mol. The van der Waals surface area contributed by atoms with Gasteiger partial charge in [-0.3, -0.25) is 4.79 Å². The molecule has 0 spiro atoms. The molecule has 0 rings (SSSR count). The van der Waals surface area contributed by atoms with Crippen LogP contribution in [0.2, 0.25) is 0 Å². The van der Waals surface area contributed by atoms with Crippen molar-refractivity contribution in [3.8, 4) is 0 Å². The topological polar surface area (TPSA) is 56.8 Å². The summed E-state index contributed by atoms with van der Waals surface area (Å²) in [6, 6.07) is 0. The van der Waals surface area contributed by atoms with Gasteiger partial charge in [0.15, 0.2) is 6.29 Å². The SMILES string of the molecule is COC(CNCCC(=O)OC(C)(C)C)OC. The van der Waals surface area contributed by atoms with Gasteiger partial charge in [0.2, 0.25) is 0 Å². The van der Waals surface area contributed by atoms with Crippen LogP contribution in [0.4, 0.5) is 0 Å². The lowest BCUT2D eigenvalue weighted by molar-refractivity contribution is -0.154. The molecule has 0 aromatic rings. The van der Waals surface area contributed by atoms with E-state index in [4.69, 9.17) is 14.2 Å². The Morgan fingerprint density at radius 3 is 2.25 bits per heavy atom. The fourth-order valence-electron chi connectivity index (χ4n) is 1.07. The lowest BCUT2D eigenvalue weighted by Crippen LogP contribution is -2.32. The first-order chi connectivity index (χ1) is 7.39. The van der Waals surface area contributed by atoms with Crippen molar-refractivity contribution in [2.45, 2.75) is 39.1 Å². The van der Waals surface area contributed by atoms with Gasteiger partial charge in [-0.2, -0.15) is 0 Å². The second kappa shape index (κ2) is 7.60. The average Bonchev–Trinajstić information content (AvgIpc) is 2.15. The van der Waals surface area contributed by atoms with Gasteiger partial charge in [0, 0.05) is 27.3 Å². The van der Waals surface area contributed by atoms with Crippen molar-refractivity contribution in [2.24, 2.45) is 0 Å². The van der Waals surface area contributed by atoms with E-state index >= 15 is 0 Å². The van der Waals surface area contributed by atoms with Crippen LogP contribution in [-0.4, -0.2) is 45.2 Å². The highest BCUT2D eigenvalue weighted by Gasteiger charge is 2.15. The van der Waals surface area contributed by atoms with E-state index in [1.807, 2.05) is 20.8 Å². The Morgan fingerprint density at radius 2 is 1.81 bits per heavy atom. The number of esters is 1. The van der Waals surface area contributed by atoms with Crippen molar-refractivity contribution in [3.63, 3.8) is 0 Å². The summed E-state index contributed by atoms with van der Waals surface area (Å²) in [7, 11) is 3.15. The van der Waals surface area contributed by atoms with Crippen LogP contribution in [0, 0.1) is 0 Å². The van der Waals surface area contributed by atoms with E-state index in [2.05, 4.69) is 5.32 Å². The quantitative estimate of drug-likeness (QED) is 0.403. The van der Waals surface area contributed by atoms with Crippen molar-refractivity contribution in [1.29, 1.82) is 0 Å². The number of hydrogen-bond acceptors (Lipinski definition) is 5.